The Kier molecular flexibility index (Phi) is 7.00. The fourth-order valence-electron chi connectivity index (χ4n) is 1.86. The van der Waals surface area contributed by atoms with Crippen molar-refractivity contribution in [2.24, 2.45) is 5.41 Å². The van der Waals surface area contributed by atoms with E-state index < -0.39 is 5.82 Å². The molecule has 0 bridgehead atoms. The van der Waals surface area contributed by atoms with E-state index in [1.807, 2.05) is 20.8 Å². The van der Waals surface area contributed by atoms with E-state index in [-0.39, 0.29) is 48.6 Å². The molecule has 0 aliphatic carbocycles. The van der Waals surface area contributed by atoms with Crippen molar-refractivity contribution in [3.63, 3.8) is 0 Å². The maximum absolute atomic E-state index is 13.6. The van der Waals surface area contributed by atoms with Crippen LogP contribution >= 0.6 is 0 Å². The average Bonchev–Trinajstić information content (AvgIpc) is 2.43. The standard InChI is InChI=1S/C17H25FN2O3/c1-12(21)19-10-9-16(22)20-15(17(2,3)4)11-23-14-8-6-5-7-13(14)18/h5-8,15H,9-11H2,1-4H3,(H,19,21)(H,20,22)/t15-/m1/s1. The van der Waals surface area contributed by atoms with E-state index >= 15 is 0 Å². The summed E-state index contributed by atoms with van der Waals surface area (Å²) in [7, 11) is 0. The quantitative estimate of drug-likeness (QED) is 0.808. The van der Waals surface area contributed by atoms with Crippen LogP contribution in [0, 0.1) is 11.2 Å². The molecule has 23 heavy (non-hydrogen) atoms. The van der Waals surface area contributed by atoms with Crippen LogP contribution in [0.4, 0.5) is 4.39 Å². The normalized spacial score (nSPS) is 12.4. The lowest BCUT2D eigenvalue weighted by atomic mass is 9.87. The van der Waals surface area contributed by atoms with Crippen LogP contribution in [0.25, 0.3) is 0 Å². The van der Waals surface area contributed by atoms with Crippen molar-refractivity contribution in [2.45, 2.75) is 40.2 Å². The number of carbonyl (C=O) groups excluding carboxylic acids is 2. The van der Waals surface area contributed by atoms with Gasteiger partial charge in [0.1, 0.15) is 6.61 Å². The largest absolute Gasteiger partial charge is 0.488 e. The van der Waals surface area contributed by atoms with Crippen molar-refractivity contribution in [3.05, 3.63) is 30.1 Å². The molecule has 6 heteroatoms. The van der Waals surface area contributed by atoms with Gasteiger partial charge in [0.2, 0.25) is 11.8 Å². The summed E-state index contributed by atoms with van der Waals surface area (Å²) in [4.78, 5) is 22.8. The van der Waals surface area contributed by atoms with E-state index in [9.17, 15) is 14.0 Å². The maximum Gasteiger partial charge on any atom is 0.222 e. The molecule has 0 aliphatic heterocycles. The molecule has 0 unspecified atom stereocenters. The zero-order valence-corrected chi connectivity index (χ0v) is 14.1. The van der Waals surface area contributed by atoms with Gasteiger partial charge in [0.15, 0.2) is 11.6 Å². The highest BCUT2D eigenvalue weighted by molar-refractivity contribution is 5.78. The van der Waals surface area contributed by atoms with Crippen molar-refractivity contribution in [2.75, 3.05) is 13.2 Å². The summed E-state index contributed by atoms with van der Waals surface area (Å²) in [5.74, 6) is -0.629. The van der Waals surface area contributed by atoms with Gasteiger partial charge >= 0.3 is 0 Å². The molecule has 1 aromatic rings. The van der Waals surface area contributed by atoms with Crippen LogP contribution in [0.3, 0.4) is 0 Å². The molecular weight excluding hydrogens is 299 g/mol. The first-order chi connectivity index (χ1) is 10.7. The lowest BCUT2D eigenvalue weighted by molar-refractivity contribution is -0.123. The van der Waals surface area contributed by atoms with Crippen LogP contribution in [0.1, 0.15) is 34.1 Å². The van der Waals surface area contributed by atoms with E-state index in [4.69, 9.17) is 4.74 Å². The molecule has 0 saturated carbocycles. The van der Waals surface area contributed by atoms with Crippen molar-refractivity contribution >= 4 is 11.8 Å². The Morgan fingerprint density at radius 2 is 1.91 bits per heavy atom. The molecule has 0 heterocycles. The molecule has 0 radical (unpaired) electrons. The highest BCUT2D eigenvalue weighted by atomic mass is 19.1. The Morgan fingerprint density at radius 3 is 2.48 bits per heavy atom. The third-order valence-corrected chi connectivity index (χ3v) is 3.35. The molecule has 2 amide bonds. The van der Waals surface area contributed by atoms with E-state index in [1.54, 1.807) is 18.2 Å². The number of rotatable bonds is 7. The predicted octanol–water partition coefficient (Wildman–Crippen LogP) is 2.26. The minimum absolute atomic E-state index is 0.161. The number of hydrogen-bond donors (Lipinski definition) is 2. The first-order valence-corrected chi connectivity index (χ1v) is 7.61. The lowest BCUT2D eigenvalue weighted by Crippen LogP contribution is -2.48. The highest BCUT2D eigenvalue weighted by Crippen LogP contribution is 2.22. The topological polar surface area (TPSA) is 67.4 Å². The molecule has 0 spiro atoms. The number of halogens is 1. The average molecular weight is 324 g/mol. The zero-order valence-electron chi connectivity index (χ0n) is 14.1. The van der Waals surface area contributed by atoms with Gasteiger partial charge in [0.25, 0.3) is 0 Å². The molecule has 1 rings (SSSR count). The van der Waals surface area contributed by atoms with E-state index in [0.717, 1.165) is 0 Å². The van der Waals surface area contributed by atoms with Gasteiger partial charge in [0, 0.05) is 19.9 Å². The van der Waals surface area contributed by atoms with Gasteiger partial charge < -0.3 is 15.4 Å². The van der Waals surface area contributed by atoms with E-state index in [2.05, 4.69) is 10.6 Å². The summed E-state index contributed by atoms with van der Waals surface area (Å²) >= 11 is 0. The molecule has 2 N–H and O–H groups in total. The minimum atomic E-state index is -0.433. The van der Waals surface area contributed by atoms with E-state index in [1.165, 1.54) is 13.0 Å². The van der Waals surface area contributed by atoms with Gasteiger partial charge in [-0.1, -0.05) is 32.9 Å². The Balaban J connectivity index is 2.58. The fourth-order valence-corrected chi connectivity index (χ4v) is 1.86. The van der Waals surface area contributed by atoms with Crippen LogP contribution in [0.5, 0.6) is 5.75 Å². The number of ether oxygens (including phenoxy) is 1. The Labute approximate surface area is 136 Å². The number of para-hydroxylation sites is 1. The van der Waals surface area contributed by atoms with E-state index in [0.29, 0.717) is 0 Å². The monoisotopic (exact) mass is 324 g/mol. The van der Waals surface area contributed by atoms with Crippen LogP contribution in [0.2, 0.25) is 0 Å². The van der Waals surface area contributed by atoms with Crippen LogP contribution in [-0.2, 0) is 9.59 Å². The highest BCUT2D eigenvalue weighted by Gasteiger charge is 2.27. The number of carbonyl (C=O) groups is 2. The predicted molar refractivity (Wildman–Crippen MR) is 86.6 cm³/mol. The molecule has 0 saturated heterocycles. The third kappa shape index (κ3) is 7.13. The smallest absolute Gasteiger partial charge is 0.222 e. The summed E-state index contributed by atoms with van der Waals surface area (Å²) in [5, 5.41) is 5.46. The van der Waals surface area contributed by atoms with Crippen molar-refractivity contribution in [1.29, 1.82) is 0 Å². The Bertz CT molecular complexity index is 541. The zero-order chi connectivity index (χ0) is 17.5. The molecule has 128 valence electrons. The van der Waals surface area contributed by atoms with Gasteiger partial charge in [0.05, 0.1) is 6.04 Å². The molecule has 5 nitrogen and oxygen atoms in total. The van der Waals surface area contributed by atoms with Crippen LogP contribution < -0.4 is 15.4 Å². The molecule has 1 aromatic carbocycles. The summed E-state index contributed by atoms with van der Waals surface area (Å²) in [6, 6.07) is 5.87. The Morgan fingerprint density at radius 1 is 1.26 bits per heavy atom. The maximum atomic E-state index is 13.6. The summed E-state index contributed by atoms with van der Waals surface area (Å²) < 4.78 is 19.1. The number of amides is 2. The number of hydrogen-bond acceptors (Lipinski definition) is 3. The SMILES string of the molecule is CC(=O)NCCC(=O)N[C@H](COc1ccccc1F)C(C)(C)C. The van der Waals surface area contributed by atoms with Crippen LogP contribution in [0.15, 0.2) is 24.3 Å². The number of nitrogens with one attached hydrogen (secondary N) is 2. The fraction of sp³-hybridized carbons (Fsp3) is 0.529. The van der Waals surface area contributed by atoms with Crippen molar-refractivity contribution < 1.29 is 18.7 Å². The third-order valence-electron chi connectivity index (χ3n) is 3.35. The second kappa shape index (κ2) is 8.50. The Hall–Kier alpha value is -2.11. The number of benzene rings is 1. The first-order valence-electron chi connectivity index (χ1n) is 7.61. The van der Waals surface area contributed by atoms with Crippen molar-refractivity contribution in [1.82, 2.24) is 10.6 Å². The molecule has 0 aromatic heterocycles. The minimum Gasteiger partial charge on any atom is -0.488 e. The first kappa shape index (κ1) is 18.9. The molecular formula is C17H25FN2O3. The summed E-state index contributed by atoms with van der Waals surface area (Å²) in [5.41, 5.74) is -0.255. The molecule has 0 fully saturated rings. The van der Waals surface area contributed by atoms with Gasteiger partial charge in [-0.3, -0.25) is 9.59 Å². The van der Waals surface area contributed by atoms with Gasteiger partial charge in [-0.15, -0.1) is 0 Å². The summed E-state index contributed by atoms with van der Waals surface area (Å²) in [6.07, 6.45) is 0.186. The molecule has 0 aliphatic rings. The van der Waals surface area contributed by atoms with Gasteiger partial charge in [-0.05, 0) is 17.5 Å². The summed E-state index contributed by atoms with van der Waals surface area (Å²) in [6.45, 7) is 7.75. The lowest BCUT2D eigenvalue weighted by Gasteiger charge is -2.31. The van der Waals surface area contributed by atoms with Crippen molar-refractivity contribution in [3.8, 4) is 5.75 Å². The second-order valence-corrected chi connectivity index (χ2v) is 6.46. The second-order valence-electron chi connectivity index (χ2n) is 6.46. The van der Waals surface area contributed by atoms with Gasteiger partial charge in [-0.2, -0.15) is 0 Å². The molecule has 1 atom stereocenters. The van der Waals surface area contributed by atoms with Crippen LogP contribution in [-0.4, -0.2) is 31.0 Å². The van der Waals surface area contributed by atoms with Gasteiger partial charge in [-0.25, -0.2) is 4.39 Å².